The Morgan fingerprint density at radius 2 is 1.91 bits per heavy atom. The van der Waals surface area contributed by atoms with E-state index in [2.05, 4.69) is 4.98 Å². The fraction of sp³-hybridized carbons (Fsp3) is 0.111. The Morgan fingerprint density at radius 1 is 1.14 bits per heavy atom. The van der Waals surface area contributed by atoms with Crippen molar-refractivity contribution in [3.05, 3.63) is 59.8 Å². The molecule has 0 aliphatic heterocycles. The smallest absolute Gasteiger partial charge is 0.336 e. The first-order valence-corrected chi connectivity index (χ1v) is 6.87. The Bertz CT molecular complexity index is 871. The monoisotopic (exact) mass is 293 g/mol. The molecular formula is C18H15NO3. The minimum Gasteiger partial charge on any atom is -0.497 e. The van der Waals surface area contributed by atoms with Gasteiger partial charge in [0.25, 0.3) is 0 Å². The van der Waals surface area contributed by atoms with Gasteiger partial charge in [-0.05, 0) is 47.9 Å². The van der Waals surface area contributed by atoms with Crippen molar-refractivity contribution in [3.63, 3.8) is 0 Å². The summed E-state index contributed by atoms with van der Waals surface area (Å²) >= 11 is 0. The summed E-state index contributed by atoms with van der Waals surface area (Å²) in [5, 5.41) is 10.1. The molecule has 0 radical (unpaired) electrons. The van der Waals surface area contributed by atoms with Crippen LogP contribution in [0.5, 0.6) is 5.75 Å². The summed E-state index contributed by atoms with van der Waals surface area (Å²) in [7, 11) is 1.62. The zero-order valence-corrected chi connectivity index (χ0v) is 12.3. The minimum atomic E-state index is -0.937. The summed E-state index contributed by atoms with van der Waals surface area (Å²) in [5.41, 5.74) is 3.53. The number of carboxylic acid groups (broad SMARTS) is 1. The molecule has 3 aromatic rings. The summed E-state index contributed by atoms with van der Waals surface area (Å²) in [4.78, 5) is 15.8. The molecule has 0 aliphatic rings. The Balaban J connectivity index is 2.24. The maximum atomic E-state index is 11.5. The van der Waals surface area contributed by atoms with Gasteiger partial charge in [-0.3, -0.25) is 4.98 Å². The normalized spacial score (nSPS) is 10.6. The van der Waals surface area contributed by atoms with E-state index in [1.807, 2.05) is 42.5 Å². The van der Waals surface area contributed by atoms with Crippen molar-refractivity contribution in [1.82, 2.24) is 4.98 Å². The van der Waals surface area contributed by atoms with Gasteiger partial charge in [-0.2, -0.15) is 0 Å². The van der Waals surface area contributed by atoms with Gasteiger partial charge in [0, 0.05) is 11.6 Å². The van der Waals surface area contributed by atoms with Gasteiger partial charge in [-0.25, -0.2) is 4.79 Å². The van der Waals surface area contributed by atoms with Crippen LogP contribution in [0.2, 0.25) is 0 Å². The van der Waals surface area contributed by atoms with Crippen molar-refractivity contribution >= 4 is 16.9 Å². The third kappa shape index (κ3) is 2.39. The number of benzene rings is 2. The van der Waals surface area contributed by atoms with Crippen molar-refractivity contribution in [1.29, 1.82) is 0 Å². The summed E-state index contributed by atoms with van der Waals surface area (Å²) in [5.74, 6) is -0.175. The van der Waals surface area contributed by atoms with E-state index in [-0.39, 0.29) is 0 Å². The summed E-state index contributed by atoms with van der Waals surface area (Å²) in [6.07, 6.45) is 1.59. The van der Waals surface area contributed by atoms with Gasteiger partial charge in [-0.15, -0.1) is 0 Å². The van der Waals surface area contributed by atoms with Crippen LogP contribution < -0.4 is 4.74 Å². The number of carboxylic acids is 1. The SMILES string of the molecule is COc1cccc(-c2ccc3ncc(C)c(C(=O)O)c3c2)c1. The molecule has 0 atom stereocenters. The fourth-order valence-corrected chi connectivity index (χ4v) is 2.56. The van der Waals surface area contributed by atoms with Gasteiger partial charge in [0.1, 0.15) is 5.75 Å². The van der Waals surface area contributed by atoms with E-state index in [0.29, 0.717) is 22.0 Å². The summed E-state index contributed by atoms with van der Waals surface area (Å²) < 4.78 is 5.24. The lowest BCUT2D eigenvalue weighted by atomic mass is 9.99. The second kappa shape index (κ2) is 5.48. The number of aromatic carboxylic acids is 1. The molecule has 0 aliphatic carbocycles. The molecule has 0 fully saturated rings. The lowest BCUT2D eigenvalue weighted by Gasteiger charge is -2.09. The molecule has 22 heavy (non-hydrogen) atoms. The van der Waals surface area contributed by atoms with Crippen LogP contribution in [0, 0.1) is 6.92 Å². The van der Waals surface area contributed by atoms with Crippen LogP contribution in [-0.2, 0) is 0 Å². The van der Waals surface area contributed by atoms with Crippen LogP contribution in [-0.4, -0.2) is 23.2 Å². The average Bonchev–Trinajstić information content (AvgIpc) is 2.53. The molecule has 0 amide bonds. The second-order valence-electron chi connectivity index (χ2n) is 5.09. The first kappa shape index (κ1) is 14.1. The Hall–Kier alpha value is -2.88. The third-order valence-electron chi connectivity index (χ3n) is 3.67. The molecule has 110 valence electrons. The van der Waals surface area contributed by atoms with Crippen molar-refractivity contribution in [3.8, 4) is 16.9 Å². The maximum Gasteiger partial charge on any atom is 0.336 e. The Labute approximate surface area is 128 Å². The third-order valence-corrected chi connectivity index (χ3v) is 3.67. The molecule has 4 nitrogen and oxygen atoms in total. The Morgan fingerprint density at radius 3 is 2.64 bits per heavy atom. The number of fused-ring (bicyclic) bond motifs is 1. The Kier molecular flexibility index (Phi) is 3.51. The van der Waals surface area contributed by atoms with Crippen LogP contribution in [0.1, 0.15) is 15.9 Å². The average molecular weight is 293 g/mol. The lowest BCUT2D eigenvalue weighted by molar-refractivity contribution is 0.0698. The molecule has 0 saturated carbocycles. The van der Waals surface area contributed by atoms with E-state index < -0.39 is 5.97 Å². The molecule has 0 spiro atoms. The van der Waals surface area contributed by atoms with Gasteiger partial charge in [0.2, 0.25) is 0 Å². The zero-order chi connectivity index (χ0) is 15.7. The molecule has 0 unspecified atom stereocenters. The highest BCUT2D eigenvalue weighted by molar-refractivity contribution is 6.04. The number of pyridine rings is 1. The maximum absolute atomic E-state index is 11.5. The number of methoxy groups -OCH3 is 1. The molecule has 0 bridgehead atoms. The van der Waals surface area contributed by atoms with Crippen molar-refractivity contribution in [2.45, 2.75) is 6.92 Å². The number of ether oxygens (including phenoxy) is 1. The number of aromatic nitrogens is 1. The van der Waals surface area contributed by atoms with Gasteiger partial charge < -0.3 is 9.84 Å². The van der Waals surface area contributed by atoms with Crippen LogP contribution >= 0.6 is 0 Å². The van der Waals surface area contributed by atoms with Gasteiger partial charge in [0.15, 0.2) is 0 Å². The van der Waals surface area contributed by atoms with Crippen LogP contribution in [0.25, 0.3) is 22.0 Å². The minimum absolute atomic E-state index is 0.301. The molecule has 1 N–H and O–H groups in total. The number of hydrogen-bond donors (Lipinski definition) is 1. The topological polar surface area (TPSA) is 59.4 Å². The molecule has 0 saturated heterocycles. The predicted molar refractivity (Wildman–Crippen MR) is 85.4 cm³/mol. The number of nitrogens with zero attached hydrogens (tertiary/aromatic N) is 1. The number of aryl methyl sites for hydroxylation is 1. The molecule has 2 aromatic carbocycles. The highest BCUT2D eigenvalue weighted by atomic mass is 16.5. The highest BCUT2D eigenvalue weighted by Gasteiger charge is 2.13. The first-order valence-electron chi connectivity index (χ1n) is 6.87. The summed E-state index contributed by atoms with van der Waals surface area (Å²) in [6, 6.07) is 13.3. The standard InChI is InChI=1S/C18H15NO3/c1-11-10-19-16-7-6-13(9-15(16)17(11)18(20)21)12-4-3-5-14(8-12)22-2/h3-10H,1-2H3,(H,20,21). The zero-order valence-electron chi connectivity index (χ0n) is 12.3. The highest BCUT2D eigenvalue weighted by Crippen LogP contribution is 2.29. The first-order chi connectivity index (χ1) is 10.6. The van der Waals surface area contributed by atoms with Gasteiger partial charge in [-0.1, -0.05) is 18.2 Å². The molecule has 1 heterocycles. The molecule has 3 rings (SSSR count). The summed E-state index contributed by atoms with van der Waals surface area (Å²) in [6.45, 7) is 1.76. The second-order valence-corrected chi connectivity index (χ2v) is 5.09. The van der Waals surface area contributed by atoms with E-state index >= 15 is 0 Å². The van der Waals surface area contributed by atoms with Crippen molar-refractivity contribution < 1.29 is 14.6 Å². The van der Waals surface area contributed by atoms with Gasteiger partial charge in [0.05, 0.1) is 18.2 Å². The number of rotatable bonds is 3. The fourth-order valence-electron chi connectivity index (χ4n) is 2.56. The quantitative estimate of drug-likeness (QED) is 0.795. The van der Waals surface area contributed by atoms with Gasteiger partial charge >= 0.3 is 5.97 Å². The van der Waals surface area contributed by atoms with E-state index in [9.17, 15) is 9.90 Å². The largest absolute Gasteiger partial charge is 0.497 e. The van der Waals surface area contributed by atoms with E-state index in [1.165, 1.54) is 0 Å². The lowest BCUT2D eigenvalue weighted by Crippen LogP contribution is -2.02. The predicted octanol–water partition coefficient (Wildman–Crippen LogP) is 3.92. The van der Waals surface area contributed by atoms with E-state index in [1.54, 1.807) is 20.2 Å². The molecular weight excluding hydrogens is 278 g/mol. The number of hydrogen-bond acceptors (Lipinski definition) is 3. The van der Waals surface area contributed by atoms with Crippen LogP contribution in [0.4, 0.5) is 0 Å². The molecule has 1 aromatic heterocycles. The van der Waals surface area contributed by atoms with Crippen LogP contribution in [0.15, 0.2) is 48.7 Å². The van der Waals surface area contributed by atoms with E-state index in [0.717, 1.165) is 16.9 Å². The van der Waals surface area contributed by atoms with Crippen molar-refractivity contribution in [2.24, 2.45) is 0 Å². The number of carbonyl (C=O) groups is 1. The van der Waals surface area contributed by atoms with E-state index in [4.69, 9.17) is 4.74 Å². The van der Waals surface area contributed by atoms with Crippen molar-refractivity contribution in [2.75, 3.05) is 7.11 Å². The molecule has 4 heteroatoms. The van der Waals surface area contributed by atoms with Crippen LogP contribution in [0.3, 0.4) is 0 Å².